The van der Waals surface area contributed by atoms with Crippen LogP contribution in [0.4, 0.5) is 34.1 Å². The molecule has 0 aliphatic carbocycles. The second-order valence-electron chi connectivity index (χ2n) is 14.3. The van der Waals surface area contributed by atoms with E-state index in [4.69, 9.17) is 62.7 Å². The van der Waals surface area contributed by atoms with Crippen LogP contribution in [0.25, 0.3) is 0 Å². The molecule has 0 spiro atoms. The zero-order valence-corrected chi connectivity index (χ0v) is 39.2. The summed E-state index contributed by atoms with van der Waals surface area (Å²) in [7, 11) is 0. The molecule has 0 aromatic heterocycles. The molecule has 342 valence electrons. The smallest absolute Gasteiger partial charge is 0.258 e. The van der Waals surface area contributed by atoms with E-state index in [1.54, 1.807) is 24.3 Å². The number of nitrogens with zero attached hydrogens (tertiary/aromatic N) is 4. The SMILES string of the molecule is CC(=O)C(N=Nc1cc(C(=O)Nc2ccc(CCCl)cc2)ccc1Cl)C(=O)Nc1ccc(NC(=O)C(N=Nc2cc(C(=O)Nc3ccc(CCCl)cc3)ccc2Cl)C(C)=O)c(OC(C)Cl)c1. The van der Waals surface area contributed by atoms with Gasteiger partial charge in [0, 0.05) is 46.0 Å². The molecule has 66 heavy (non-hydrogen) atoms. The summed E-state index contributed by atoms with van der Waals surface area (Å²) in [5, 5.41) is 26.9. The maximum Gasteiger partial charge on any atom is 0.258 e. The quantitative estimate of drug-likeness (QED) is 0.0336. The van der Waals surface area contributed by atoms with E-state index in [1.165, 1.54) is 61.5 Å². The molecular formula is C46H41Cl5N8O7. The number of anilines is 4. The molecule has 0 bridgehead atoms. The van der Waals surface area contributed by atoms with Gasteiger partial charge in [0.1, 0.15) is 17.1 Å². The third-order valence-corrected chi connectivity index (χ3v) is 10.3. The van der Waals surface area contributed by atoms with E-state index in [1.807, 2.05) is 24.3 Å². The van der Waals surface area contributed by atoms with E-state index in [0.29, 0.717) is 36.0 Å². The predicted molar refractivity (Wildman–Crippen MR) is 258 cm³/mol. The topological polar surface area (TPSA) is 209 Å². The number of rotatable bonds is 20. The molecule has 0 saturated heterocycles. The highest BCUT2D eigenvalue weighted by molar-refractivity contribution is 6.33. The summed E-state index contributed by atoms with van der Waals surface area (Å²) in [6, 6.07) is 23.7. The Labute approximate surface area is 404 Å². The van der Waals surface area contributed by atoms with E-state index >= 15 is 0 Å². The highest BCUT2D eigenvalue weighted by Crippen LogP contribution is 2.32. The van der Waals surface area contributed by atoms with Crippen LogP contribution in [0.3, 0.4) is 0 Å². The van der Waals surface area contributed by atoms with Gasteiger partial charge in [-0.05, 0) is 118 Å². The number of ketones is 2. The van der Waals surface area contributed by atoms with Crippen LogP contribution in [0.5, 0.6) is 5.75 Å². The number of azo groups is 2. The number of benzene rings is 5. The zero-order chi connectivity index (χ0) is 47.9. The van der Waals surface area contributed by atoms with Crippen molar-refractivity contribution in [3.63, 3.8) is 0 Å². The summed E-state index contributed by atoms with van der Waals surface area (Å²) < 4.78 is 5.70. The number of aryl methyl sites for hydroxylation is 2. The first-order valence-corrected chi connectivity index (χ1v) is 22.2. The Morgan fingerprint density at radius 1 is 0.561 bits per heavy atom. The van der Waals surface area contributed by atoms with Crippen molar-refractivity contribution < 1.29 is 33.5 Å². The molecule has 3 unspecified atom stereocenters. The summed E-state index contributed by atoms with van der Waals surface area (Å²) in [4.78, 5) is 78.3. The van der Waals surface area contributed by atoms with Gasteiger partial charge in [-0.3, -0.25) is 28.8 Å². The predicted octanol–water partition coefficient (Wildman–Crippen LogP) is 11.4. The van der Waals surface area contributed by atoms with E-state index in [2.05, 4.69) is 41.7 Å². The minimum Gasteiger partial charge on any atom is -0.473 e. The molecule has 0 aliphatic rings. The van der Waals surface area contributed by atoms with E-state index < -0.39 is 52.8 Å². The normalized spacial score (nSPS) is 12.5. The van der Waals surface area contributed by atoms with Gasteiger partial charge in [-0.15, -0.1) is 23.2 Å². The molecule has 4 N–H and O–H groups in total. The Morgan fingerprint density at radius 3 is 1.39 bits per heavy atom. The lowest BCUT2D eigenvalue weighted by Gasteiger charge is -2.17. The maximum absolute atomic E-state index is 13.5. The Kier molecular flexibility index (Phi) is 18.7. The molecule has 4 amide bonds. The number of alkyl halides is 3. The minimum absolute atomic E-state index is 0.0183. The average Bonchev–Trinajstić information content (AvgIpc) is 3.27. The molecule has 15 nitrogen and oxygen atoms in total. The van der Waals surface area contributed by atoms with Crippen LogP contribution in [-0.4, -0.2) is 64.6 Å². The fourth-order valence-electron chi connectivity index (χ4n) is 5.86. The summed E-state index contributed by atoms with van der Waals surface area (Å²) >= 11 is 30.4. The summed E-state index contributed by atoms with van der Waals surface area (Å²) in [5.74, 6) is -3.18. The van der Waals surface area contributed by atoms with Crippen LogP contribution in [0.2, 0.25) is 10.0 Å². The van der Waals surface area contributed by atoms with Crippen LogP contribution in [0.15, 0.2) is 124 Å². The maximum atomic E-state index is 13.5. The van der Waals surface area contributed by atoms with Gasteiger partial charge >= 0.3 is 0 Å². The second-order valence-corrected chi connectivity index (χ2v) is 16.5. The third kappa shape index (κ3) is 14.6. The molecule has 0 fully saturated rings. The lowest BCUT2D eigenvalue weighted by molar-refractivity contribution is -0.127. The number of halogens is 5. The Morgan fingerprint density at radius 2 is 0.985 bits per heavy atom. The molecule has 20 heteroatoms. The number of Topliss-reactive ketones (excluding diaryl/α,β-unsaturated/α-hetero) is 2. The molecule has 0 heterocycles. The minimum atomic E-state index is -1.67. The molecule has 0 radical (unpaired) electrons. The van der Waals surface area contributed by atoms with Crippen molar-refractivity contribution in [3.05, 3.63) is 135 Å². The van der Waals surface area contributed by atoms with Gasteiger partial charge in [0.15, 0.2) is 17.1 Å². The highest BCUT2D eigenvalue weighted by atomic mass is 35.5. The van der Waals surface area contributed by atoms with Crippen LogP contribution in [-0.2, 0) is 32.0 Å². The largest absolute Gasteiger partial charge is 0.473 e. The number of nitrogens with one attached hydrogen (secondary N) is 4. The van der Waals surface area contributed by atoms with E-state index in [-0.39, 0.29) is 49.7 Å². The van der Waals surface area contributed by atoms with E-state index in [9.17, 15) is 28.8 Å². The number of hydrogen-bond donors (Lipinski definition) is 4. The van der Waals surface area contributed by atoms with Crippen molar-refractivity contribution in [1.29, 1.82) is 0 Å². The van der Waals surface area contributed by atoms with Crippen molar-refractivity contribution in [2.24, 2.45) is 20.5 Å². The molecular weight excluding hydrogens is 954 g/mol. The first kappa shape index (κ1) is 50.8. The Bertz CT molecular complexity index is 2660. The highest BCUT2D eigenvalue weighted by Gasteiger charge is 2.27. The van der Waals surface area contributed by atoms with Gasteiger partial charge in [-0.2, -0.15) is 20.5 Å². The number of amides is 4. The van der Waals surface area contributed by atoms with Gasteiger partial charge in [-0.25, -0.2) is 0 Å². The fraction of sp³-hybridized carbons (Fsp3) is 0.217. The van der Waals surface area contributed by atoms with Crippen molar-refractivity contribution in [2.75, 3.05) is 33.0 Å². The second kappa shape index (κ2) is 24.3. The standard InChI is InChI=1S/C46H41Cl5N8O7/c1-25(60)41(58-56-38-22-30(8-15-35(38)50)43(62)52-32-10-4-28(5-11-32)18-20-47)45(64)54-34-14-17-37(40(24-34)66-27(3)49)55-46(65)42(26(2)61)59-57-39-23-31(9-16-36(39)51)44(63)53-33-12-6-29(7-13-33)19-21-48/h4-17,22-24,27,41-42H,18-21H2,1-3H3,(H,52,62)(H,53,63)(H,54,64)(H,55,65). The average molecular weight is 995 g/mol. The Hall–Kier alpha value is -6.23. The monoisotopic (exact) mass is 992 g/mol. The van der Waals surface area contributed by atoms with E-state index in [0.717, 1.165) is 25.0 Å². The molecule has 0 saturated carbocycles. The van der Waals surface area contributed by atoms with Gasteiger partial charge in [0.05, 0.1) is 15.7 Å². The van der Waals surface area contributed by atoms with Crippen LogP contribution < -0.4 is 26.0 Å². The molecule has 0 aliphatic heterocycles. The van der Waals surface area contributed by atoms with Crippen molar-refractivity contribution >= 4 is 127 Å². The first-order chi connectivity index (χ1) is 31.5. The first-order valence-electron chi connectivity index (χ1n) is 20.0. The molecule has 5 rings (SSSR count). The van der Waals surface area contributed by atoms with Crippen LogP contribution in [0.1, 0.15) is 52.6 Å². The number of carbonyl (C=O) groups is 6. The zero-order valence-electron chi connectivity index (χ0n) is 35.4. The number of carbonyl (C=O) groups excluding carboxylic acids is 6. The van der Waals surface area contributed by atoms with Gasteiger partial charge in [-0.1, -0.05) is 59.1 Å². The van der Waals surface area contributed by atoms with Gasteiger partial charge in [0.25, 0.3) is 23.6 Å². The lowest BCUT2D eigenvalue weighted by atomic mass is 10.1. The third-order valence-electron chi connectivity index (χ3n) is 9.23. The Balaban J connectivity index is 1.27. The van der Waals surface area contributed by atoms with Crippen molar-refractivity contribution in [2.45, 2.75) is 51.3 Å². The molecule has 5 aromatic rings. The summed E-state index contributed by atoms with van der Waals surface area (Å²) in [6.45, 7) is 3.78. The number of hydrogen-bond acceptors (Lipinski definition) is 11. The molecule has 3 atom stereocenters. The van der Waals surface area contributed by atoms with Gasteiger partial charge in [0.2, 0.25) is 12.1 Å². The van der Waals surface area contributed by atoms with Crippen LogP contribution in [0, 0.1) is 0 Å². The van der Waals surface area contributed by atoms with Crippen molar-refractivity contribution in [1.82, 2.24) is 0 Å². The number of ether oxygens (including phenoxy) is 1. The summed E-state index contributed by atoms with van der Waals surface area (Å²) in [5.41, 5.74) is 2.72. The summed E-state index contributed by atoms with van der Waals surface area (Å²) in [6.07, 6.45) is 1.36. The van der Waals surface area contributed by atoms with Crippen molar-refractivity contribution in [3.8, 4) is 5.75 Å². The molecule has 5 aromatic carbocycles. The van der Waals surface area contributed by atoms with Crippen LogP contribution >= 0.6 is 58.0 Å². The lowest BCUT2D eigenvalue weighted by Crippen LogP contribution is -2.32. The van der Waals surface area contributed by atoms with Gasteiger partial charge < -0.3 is 26.0 Å². The fourth-order valence-corrected chi connectivity index (χ4v) is 6.70.